The third-order valence-corrected chi connectivity index (χ3v) is 6.33. The zero-order valence-electron chi connectivity index (χ0n) is 20.7. The molecule has 2 aromatic heterocycles. The number of carboxylic acid groups (broad SMARTS) is 1. The number of para-hydroxylation sites is 1. The lowest BCUT2D eigenvalue weighted by molar-refractivity contribution is -0.138. The van der Waals surface area contributed by atoms with Crippen LogP contribution >= 0.6 is 0 Å². The summed E-state index contributed by atoms with van der Waals surface area (Å²) >= 11 is 0. The summed E-state index contributed by atoms with van der Waals surface area (Å²) < 4.78 is 69.8. The molecule has 208 valence electrons. The number of halogens is 5. The number of carbonyl (C=O) groups excluding carboxylic acids is 1. The number of aromatic nitrogens is 3. The monoisotopic (exact) mass is 551 g/mol. The quantitative estimate of drug-likeness (QED) is 0.376. The van der Waals surface area contributed by atoms with Crippen LogP contribution in [-0.4, -0.2) is 68.2 Å². The molecular weight excluding hydrogens is 525 g/mol. The van der Waals surface area contributed by atoms with Gasteiger partial charge in [-0.2, -0.15) is 18.3 Å². The molecule has 0 saturated carbocycles. The third-order valence-electron chi connectivity index (χ3n) is 6.33. The highest BCUT2D eigenvalue weighted by Crippen LogP contribution is 2.35. The fraction of sp³-hybridized carbons (Fsp3) is 0.385. The minimum absolute atomic E-state index is 0.0822. The van der Waals surface area contributed by atoms with E-state index >= 15 is 0 Å². The molecule has 0 bridgehead atoms. The number of nitrogens with one attached hydrogen (secondary N) is 1. The van der Waals surface area contributed by atoms with Crippen molar-refractivity contribution in [3.05, 3.63) is 66.0 Å². The Balaban J connectivity index is 1.62. The van der Waals surface area contributed by atoms with Crippen LogP contribution in [-0.2, 0) is 11.0 Å². The van der Waals surface area contributed by atoms with Crippen molar-refractivity contribution in [2.75, 3.05) is 19.6 Å². The number of alkyl halides is 5. The molecule has 1 aromatic carbocycles. The number of pyridine rings is 1. The number of aliphatic carboxylic acids is 1. The highest BCUT2D eigenvalue weighted by Gasteiger charge is 2.36. The predicted molar refractivity (Wildman–Crippen MR) is 131 cm³/mol. The Morgan fingerprint density at radius 2 is 1.87 bits per heavy atom. The first-order valence-corrected chi connectivity index (χ1v) is 12.2. The standard InChI is InChI=1S/C26H26F5N5O3/c27-25(28)10-5-12-35(16-25)13-9-17(14-23(37)38)33-24(39)20-15-22(19-7-3-4-11-32-19)36(34-20)21-8-2-1-6-18(21)26(29,30)31/h1-4,6-8,11,15,17H,5,9-10,12-14,16H2,(H,33,39)(H,37,38). The molecule has 2 N–H and O–H groups in total. The number of hydrogen-bond donors (Lipinski definition) is 2. The Labute approximate surface area is 220 Å². The van der Waals surface area contributed by atoms with Gasteiger partial charge in [0.1, 0.15) is 0 Å². The van der Waals surface area contributed by atoms with Crippen LogP contribution in [0.5, 0.6) is 0 Å². The highest BCUT2D eigenvalue weighted by molar-refractivity contribution is 5.94. The Morgan fingerprint density at radius 3 is 2.54 bits per heavy atom. The fourth-order valence-corrected chi connectivity index (χ4v) is 4.54. The molecule has 8 nitrogen and oxygen atoms in total. The van der Waals surface area contributed by atoms with E-state index in [0.717, 1.165) is 10.7 Å². The zero-order valence-corrected chi connectivity index (χ0v) is 20.7. The Hall–Kier alpha value is -3.87. The lowest BCUT2D eigenvalue weighted by Gasteiger charge is -2.33. The molecule has 1 aliphatic heterocycles. The van der Waals surface area contributed by atoms with E-state index in [1.54, 1.807) is 18.2 Å². The molecule has 1 aliphatic rings. The maximum atomic E-state index is 13.8. The van der Waals surface area contributed by atoms with Crippen LogP contribution in [0.1, 0.15) is 41.7 Å². The second kappa shape index (κ2) is 11.5. The van der Waals surface area contributed by atoms with Crippen molar-refractivity contribution in [2.45, 2.75) is 43.8 Å². The first kappa shape index (κ1) is 28.1. The minimum atomic E-state index is -4.70. The number of nitrogens with zero attached hydrogens (tertiary/aromatic N) is 4. The number of benzene rings is 1. The van der Waals surface area contributed by atoms with Crippen LogP contribution in [0, 0.1) is 0 Å². The molecule has 1 amide bonds. The van der Waals surface area contributed by atoms with E-state index in [1.165, 1.54) is 35.4 Å². The molecule has 3 aromatic rings. The number of amides is 1. The SMILES string of the molecule is O=C(O)CC(CCN1CCCC(F)(F)C1)NC(=O)c1cc(-c2ccccn2)n(-c2ccccc2C(F)(F)F)n1. The molecule has 1 unspecified atom stereocenters. The van der Waals surface area contributed by atoms with Gasteiger partial charge in [-0.1, -0.05) is 18.2 Å². The number of carboxylic acids is 1. The number of piperidine rings is 1. The number of hydrogen-bond acceptors (Lipinski definition) is 5. The van der Waals surface area contributed by atoms with E-state index in [0.29, 0.717) is 13.0 Å². The number of rotatable bonds is 9. The summed E-state index contributed by atoms with van der Waals surface area (Å²) in [5.41, 5.74) is -1.18. The maximum absolute atomic E-state index is 13.8. The van der Waals surface area contributed by atoms with E-state index in [9.17, 15) is 36.6 Å². The topological polar surface area (TPSA) is 100 Å². The van der Waals surface area contributed by atoms with E-state index in [2.05, 4.69) is 15.4 Å². The van der Waals surface area contributed by atoms with Gasteiger partial charge in [0.15, 0.2) is 5.69 Å². The van der Waals surface area contributed by atoms with Crippen molar-refractivity contribution in [2.24, 2.45) is 0 Å². The molecule has 1 saturated heterocycles. The van der Waals surface area contributed by atoms with Gasteiger partial charge in [-0.25, -0.2) is 13.5 Å². The van der Waals surface area contributed by atoms with E-state index < -0.39 is 48.5 Å². The van der Waals surface area contributed by atoms with Crippen molar-refractivity contribution < 1.29 is 36.6 Å². The average molecular weight is 552 g/mol. The van der Waals surface area contributed by atoms with Crippen LogP contribution in [0.25, 0.3) is 17.1 Å². The summed E-state index contributed by atoms with van der Waals surface area (Å²) in [6.07, 6.45) is -3.56. The number of likely N-dealkylation sites (tertiary alicyclic amines) is 1. The molecule has 0 aliphatic carbocycles. The van der Waals surface area contributed by atoms with Gasteiger partial charge in [-0.3, -0.25) is 19.5 Å². The van der Waals surface area contributed by atoms with Crippen molar-refractivity contribution in [3.8, 4) is 17.1 Å². The van der Waals surface area contributed by atoms with E-state index in [-0.39, 0.29) is 42.2 Å². The Morgan fingerprint density at radius 1 is 1.13 bits per heavy atom. The van der Waals surface area contributed by atoms with Gasteiger partial charge in [-0.05, 0) is 49.7 Å². The molecule has 13 heteroatoms. The van der Waals surface area contributed by atoms with Crippen LogP contribution in [0.4, 0.5) is 22.0 Å². The zero-order chi connectivity index (χ0) is 28.2. The summed E-state index contributed by atoms with van der Waals surface area (Å²) in [5.74, 6) is -4.85. The van der Waals surface area contributed by atoms with Crippen molar-refractivity contribution in [3.63, 3.8) is 0 Å². The number of carbonyl (C=O) groups is 2. The molecule has 1 fully saturated rings. The third kappa shape index (κ3) is 7.16. The van der Waals surface area contributed by atoms with E-state index in [1.807, 2.05) is 0 Å². The smallest absolute Gasteiger partial charge is 0.418 e. The fourth-order valence-electron chi connectivity index (χ4n) is 4.54. The summed E-state index contributed by atoms with van der Waals surface area (Å²) in [4.78, 5) is 30.3. The van der Waals surface area contributed by atoms with Crippen LogP contribution in [0.15, 0.2) is 54.7 Å². The second-order valence-electron chi connectivity index (χ2n) is 9.35. The predicted octanol–water partition coefficient (Wildman–Crippen LogP) is 4.65. The van der Waals surface area contributed by atoms with Crippen molar-refractivity contribution in [1.29, 1.82) is 0 Å². The summed E-state index contributed by atoms with van der Waals surface area (Å²) in [5, 5.41) is 16.0. The summed E-state index contributed by atoms with van der Waals surface area (Å²) in [6.45, 7) is 0.122. The first-order valence-electron chi connectivity index (χ1n) is 12.2. The van der Waals surface area contributed by atoms with Crippen LogP contribution in [0.2, 0.25) is 0 Å². The van der Waals surface area contributed by atoms with Gasteiger partial charge in [0, 0.05) is 25.2 Å². The van der Waals surface area contributed by atoms with Gasteiger partial charge < -0.3 is 10.4 Å². The maximum Gasteiger partial charge on any atom is 0.418 e. The second-order valence-corrected chi connectivity index (χ2v) is 9.35. The molecular formula is C26H26F5N5O3. The first-order chi connectivity index (χ1) is 18.4. The lowest BCUT2D eigenvalue weighted by Crippen LogP contribution is -2.45. The van der Waals surface area contributed by atoms with Crippen LogP contribution in [0.3, 0.4) is 0 Å². The Bertz CT molecular complexity index is 1310. The van der Waals surface area contributed by atoms with Crippen LogP contribution < -0.4 is 5.32 Å². The van der Waals surface area contributed by atoms with Gasteiger partial charge in [0.2, 0.25) is 0 Å². The largest absolute Gasteiger partial charge is 0.481 e. The summed E-state index contributed by atoms with van der Waals surface area (Å²) in [6, 6.07) is 9.90. The molecule has 3 heterocycles. The van der Waals surface area contributed by atoms with Crippen molar-refractivity contribution >= 4 is 11.9 Å². The summed E-state index contributed by atoms with van der Waals surface area (Å²) in [7, 11) is 0. The normalized spacial score (nSPS) is 16.5. The van der Waals surface area contributed by atoms with Gasteiger partial charge in [0.25, 0.3) is 11.8 Å². The molecule has 39 heavy (non-hydrogen) atoms. The Kier molecular flexibility index (Phi) is 8.28. The highest BCUT2D eigenvalue weighted by atomic mass is 19.4. The molecule has 0 radical (unpaired) electrons. The van der Waals surface area contributed by atoms with Gasteiger partial charge >= 0.3 is 12.1 Å². The average Bonchev–Trinajstić information content (AvgIpc) is 3.32. The van der Waals surface area contributed by atoms with Gasteiger partial charge in [-0.15, -0.1) is 0 Å². The molecule has 0 spiro atoms. The van der Waals surface area contributed by atoms with Gasteiger partial charge in [0.05, 0.1) is 35.6 Å². The minimum Gasteiger partial charge on any atom is -0.481 e. The molecule has 1 atom stereocenters. The van der Waals surface area contributed by atoms with E-state index in [4.69, 9.17) is 0 Å². The molecule has 4 rings (SSSR count). The lowest BCUT2D eigenvalue weighted by atomic mass is 10.1. The van der Waals surface area contributed by atoms with Crippen molar-refractivity contribution in [1.82, 2.24) is 25.0 Å².